The molecule has 69 heavy (non-hydrogen) atoms. The van der Waals surface area contributed by atoms with Crippen LogP contribution in [0.2, 0.25) is 0 Å². The molecule has 0 heterocycles. The van der Waals surface area contributed by atoms with Gasteiger partial charge in [0.25, 0.3) is 0 Å². The Labute approximate surface area is 424 Å². The van der Waals surface area contributed by atoms with E-state index in [-0.39, 0.29) is 31.1 Å². The van der Waals surface area contributed by atoms with Crippen LogP contribution in [0.3, 0.4) is 0 Å². The van der Waals surface area contributed by atoms with Crippen molar-refractivity contribution < 1.29 is 28.6 Å². The van der Waals surface area contributed by atoms with Crippen LogP contribution >= 0.6 is 0 Å². The molecule has 0 aromatic rings. The van der Waals surface area contributed by atoms with Gasteiger partial charge in [-0.05, 0) is 122 Å². The summed E-state index contributed by atoms with van der Waals surface area (Å²) in [4.78, 5) is 38.0. The number of carbonyl (C=O) groups excluding carboxylic acids is 3. The molecule has 0 fully saturated rings. The smallest absolute Gasteiger partial charge is 0.306 e. The SMILES string of the molecule is CC/C=C\C/C=C\C/C=C\C/C=C\C/C=C\C/C=C\C/C=C\CCCCCCCC(=O)OCC(COC(=O)CCCCCCC/C=C\CCC)OC(=O)CCCCCCC/C=C\C/C=C\CCCC. The lowest BCUT2D eigenvalue weighted by atomic mass is 10.1. The molecule has 0 N–H and O–H groups in total. The van der Waals surface area contributed by atoms with E-state index in [0.29, 0.717) is 19.3 Å². The second-order valence-electron chi connectivity index (χ2n) is 18.1. The van der Waals surface area contributed by atoms with Gasteiger partial charge in [-0.25, -0.2) is 0 Å². The number of unbranched alkanes of at least 4 members (excludes halogenated alkanes) is 18. The Morgan fingerprint density at radius 1 is 0.304 bits per heavy atom. The van der Waals surface area contributed by atoms with Crippen LogP contribution in [0.5, 0.6) is 0 Å². The van der Waals surface area contributed by atoms with E-state index >= 15 is 0 Å². The summed E-state index contributed by atoms with van der Waals surface area (Å²) in [5, 5.41) is 0. The summed E-state index contributed by atoms with van der Waals surface area (Å²) in [7, 11) is 0. The number of hydrogen-bond donors (Lipinski definition) is 0. The van der Waals surface area contributed by atoms with Crippen LogP contribution in [0.25, 0.3) is 0 Å². The molecule has 0 saturated heterocycles. The van der Waals surface area contributed by atoms with Gasteiger partial charge >= 0.3 is 17.9 Å². The molecule has 0 aromatic carbocycles. The number of hydrogen-bond acceptors (Lipinski definition) is 6. The number of allylic oxidation sites excluding steroid dienone is 20. The van der Waals surface area contributed by atoms with E-state index in [9.17, 15) is 14.4 Å². The quantitative estimate of drug-likeness (QED) is 0.0262. The van der Waals surface area contributed by atoms with Crippen molar-refractivity contribution in [3.8, 4) is 0 Å². The molecule has 0 aliphatic heterocycles. The highest BCUT2D eigenvalue weighted by Gasteiger charge is 2.19. The Hall–Kier alpha value is -4.19. The first-order valence-corrected chi connectivity index (χ1v) is 28.0. The minimum Gasteiger partial charge on any atom is -0.462 e. The molecule has 0 radical (unpaired) electrons. The zero-order chi connectivity index (χ0) is 50.0. The Morgan fingerprint density at radius 3 is 0.957 bits per heavy atom. The molecule has 0 aliphatic rings. The zero-order valence-electron chi connectivity index (χ0n) is 44.5. The van der Waals surface area contributed by atoms with Gasteiger partial charge in [0, 0.05) is 19.3 Å². The minimum atomic E-state index is -0.799. The second-order valence-corrected chi connectivity index (χ2v) is 18.1. The minimum absolute atomic E-state index is 0.0974. The maximum Gasteiger partial charge on any atom is 0.306 e. The van der Waals surface area contributed by atoms with E-state index in [0.717, 1.165) is 167 Å². The number of rotatable bonds is 49. The lowest BCUT2D eigenvalue weighted by molar-refractivity contribution is -0.167. The van der Waals surface area contributed by atoms with Crippen molar-refractivity contribution in [2.45, 2.75) is 245 Å². The highest BCUT2D eigenvalue weighted by molar-refractivity contribution is 5.71. The van der Waals surface area contributed by atoms with Gasteiger partial charge in [-0.1, -0.05) is 219 Å². The molecule has 0 bridgehead atoms. The van der Waals surface area contributed by atoms with Gasteiger partial charge in [0.05, 0.1) is 0 Å². The summed E-state index contributed by atoms with van der Waals surface area (Å²) in [6.07, 6.45) is 77.6. The molecule has 0 aromatic heterocycles. The van der Waals surface area contributed by atoms with Gasteiger partial charge in [-0.15, -0.1) is 0 Å². The zero-order valence-corrected chi connectivity index (χ0v) is 44.5. The van der Waals surface area contributed by atoms with Crippen molar-refractivity contribution in [1.29, 1.82) is 0 Å². The maximum absolute atomic E-state index is 12.8. The van der Waals surface area contributed by atoms with E-state index in [4.69, 9.17) is 14.2 Å². The van der Waals surface area contributed by atoms with E-state index in [2.05, 4.69) is 142 Å². The van der Waals surface area contributed by atoms with Gasteiger partial charge in [-0.3, -0.25) is 14.4 Å². The molecule has 6 heteroatoms. The summed E-state index contributed by atoms with van der Waals surface area (Å²) >= 11 is 0. The summed E-state index contributed by atoms with van der Waals surface area (Å²) < 4.78 is 16.8. The fourth-order valence-corrected chi connectivity index (χ4v) is 7.20. The van der Waals surface area contributed by atoms with Crippen molar-refractivity contribution in [2.75, 3.05) is 13.2 Å². The fraction of sp³-hybridized carbons (Fsp3) is 0.635. The van der Waals surface area contributed by atoms with Crippen LogP contribution < -0.4 is 0 Å². The average Bonchev–Trinajstić information content (AvgIpc) is 3.35. The van der Waals surface area contributed by atoms with Crippen molar-refractivity contribution in [3.05, 3.63) is 122 Å². The summed E-state index contributed by atoms with van der Waals surface area (Å²) in [6.45, 7) is 6.37. The molecule has 0 aliphatic carbocycles. The molecule has 0 rings (SSSR count). The summed E-state index contributed by atoms with van der Waals surface area (Å²) in [5.74, 6) is -0.947. The maximum atomic E-state index is 12.8. The topological polar surface area (TPSA) is 78.9 Å². The van der Waals surface area contributed by atoms with Crippen LogP contribution in [0.1, 0.15) is 239 Å². The third-order valence-electron chi connectivity index (χ3n) is 11.4. The van der Waals surface area contributed by atoms with Gasteiger partial charge in [0.15, 0.2) is 6.10 Å². The highest BCUT2D eigenvalue weighted by Crippen LogP contribution is 2.13. The van der Waals surface area contributed by atoms with Crippen molar-refractivity contribution in [1.82, 2.24) is 0 Å². The number of carbonyl (C=O) groups is 3. The lowest BCUT2D eigenvalue weighted by Gasteiger charge is -2.18. The normalized spacial score (nSPS) is 13.0. The molecule has 0 saturated carbocycles. The first kappa shape index (κ1) is 64.8. The van der Waals surface area contributed by atoms with Crippen LogP contribution in [0.15, 0.2) is 122 Å². The van der Waals surface area contributed by atoms with Crippen molar-refractivity contribution in [2.24, 2.45) is 0 Å². The van der Waals surface area contributed by atoms with E-state index < -0.39 is 6.10 Å². The second kappa shape index (κ2) is 56.4. The van der Waals surface area contributed by atoms with E-state index in [1.165, 1.54) is 32.1 Å². The standard InChI is InChI=1S/C63H102O6/c1-4-7-10-13-16-19-22-24-26-27-28-29-30-31-32-33-34-35-36-37-38-40-41-44-47-50-53-56-62(65)68-59-60(58-67-61(64)55-52-49-46-43-21-18-15-12-9-6-3)69-63(66)57-54-51-48-45-42-39-25-23-20-17-14-11-8-5-2/h7,10,12,14-17,19,23-26,28-29,31-32,34-35,37-38,60H,4-6,8-9,11,13,18,20-22,27,30,33,36,39-59H2,1-3H3/b10-7-,15-12-,17-14-,19-16-,25-23-,26-24-,29-28-,32-31-,35-34-,38-37-. The fourth-order valence-electron chi connectivity index (χ4n) is 7.20. The van der Waals surface area contributed by atoms with Crippen LogP contribution in [-0.4, -0.2) is 37.2 Å². The van der Waals surface area contributed by atoms with Gasteiger partial charge in [0.2, 0.25) is 0 Å². The summed E-state index contributed by atoms with van der Waals surface area (Å²) in [5.41, 5.74) is 0. The lowest BCUT2D eigenvalue weighted by Crippen LogP contribution is -2.30. The Balaban J connectivity index is 4.34. The van der Waals surface area contributed by atoms with Crippen molar-refractivity contribution >= 4 is 17.9 Å². The Morgan fingerprint density at radius 2 is 0.594 bits per heavy atom. The van der Waals surface area contributed by atoms with Gasteiger partial charge in [0.1, 0.15) is 13.2 Å². The van der Waals surface area contributed by atoms with Crippen LogP contribution in [0.4, 0.5) is 0 Å². The summed E-state index contributed by atoms with van der Waals surface area (Å²) in [6, 6.07) is 0. The average molecular weight is 956 g/mol. The number of esters is 3. The first-order chi connectivity index (χ1) is 34.0. The molecule has 0 spiro atoms. The van der Waals surface area contributed by atoms with Crippen molar-refractivity contribution in [3.63, 3.8) is 0 Å². The van der Waals surface area contributed by atoms with Crippen LogP contribution in [-0.2, 0) is 28.6 Å². The molecule has 0 amide bonds. The first-order valence-electron chi connectivity index (χ1n) is 28.0. The third kappa shape index (κ3) is 54.6. The third-order valence-corrected chi connectivity index (χ3v) is 11.4. The predicted octanol–water partition coefficient (Wildman–Crippen LogP) is 18.9. The largest absolute Gasteiger partial charge is 0.462 e. The molecule has 390 valence electrons. The molecular weight excluding hydrogens is 853 g/mol. The van der Waals surface area contributed by atoms with Gasteiger partial charge in [-0.2, -0.15) is 0 Å². The highest BCUT2D eigenvalue weighted by atomic mass is 16.6. The molecular formula is C63H102O6. The predicted molar refractivity (Wildman–Crippen MR) is 297 cm³/mol. The Kier molecular flexibility index (Phi) is 53.0. The molecule has 1 unspecified atom stereocenters. The van der Waals surface area contributed by atoms with Crippen LogP contribution in [0, 0.1) is 0 Å². The van der Waals surface area contributed by atoms with E-state index in [1.807, 2.05) is 0 Å². The number of ether oxygens (including phenoxy) is 3. The Bertz CT molecular complexity index is 1470. The molecule has 6 nitrogen and oxygen atoms in total. The van der Waals surface area contributed by atoms with E-state index in [1.54, 1.807) is 0 Å². The monoisotopic (exact) mass is 955 g/mol. The molecule has 1 atom stereocenters. The van der Waals surface area contributed by atoms with Gasteiger partial charge < -0.3 is 14.2 Å².